The van der Waals surface area contributed by atoms with Crippen LogP contribution in [0.4, 0.5) is 0 Å². The van der Waals surface area contributed by atoms with E-state index in [2.05, 4.69) is 16.9 Å². The van der Waals surface area contributed by atoms with Crippen molar-refractivity contribution in [3.63, 3.8) is 0 Å². The molecular weight excluding hydrogens is 224 g/mol. The van der Waals surface area contributed by atoms with E-state index in [9.17, 15) is 4.79 Å². The minimum absolute atomic E-state index is 0.651. The van der Waals surface area contributed by atoms with Crippen LogP contribution in [0.2, 0.25) is 0 Å². The molecule has 0 aromatic carbocycles. The maximum Gasteiger partial charge on any atom is 0.166 e. The molecule has 18 heavy (non-hydrogen) atoms. The molecule has 0 bridgehead atoms. The van der Waals surface area contributed by atoms with Gasteiger partial charge in [0.25, 0.3) is 0 Å². The molecule has 2 N–H and O–H groups in total. The molecule has 1 aromatic rings. The van der Waals surface area contributed by atoms with Crippen molar-refractivity contribution in [2.45, 2.75) is 27.2 Å². The molecule has 3 nitrogen and oxygen atoms in total. The van der Waals surface area contributed by atoms with Gasteiger partial charge in [0.2, 0.25) is 0 Å². The molecule has 0 aliphatic rings. The molecule has 0 amide bonds. The van der Waals surface area contributed by atoms with Gasteiger partial charge in [0, 0.05) is 11.3 Å². The molecule has 3 heteroatoms. The van der Waals surface area contributed by atoms with Gasteiger partial charge in [-0.15, -0.1) is 0 Å². The van der Waals surface area contributed by atoms with Crippen LogP contribution in [0.15, 0.2) is 12.7 Å². The van der Waals surface area contributed by atoms with Gasteiger partial charge in [-0.2, -0.15) is 0 Å². The summed E-state index contributed by atoms with van der Waals surface area (Å²) < 4.78 is 0. The van der Waals surface area contributed by atoms with Crippen molar-refractivity contribution in [1.29, 1.82) is 0 Å². The van der Waals surface area contributed by atoms with Crippen LogP contribution in [0.5, 0.6) is 0 Å². The average Bonchev–Trinajstić information content (AvgIpc) is 2.76. The highest BCUT2D eigenvalue weighted by Gasteiger charge is 2.12. The number of allylic oxidation sites excluding steroid dienone is 1. The van der Waals surface area contributed by atoms with Gasteiger partial charge < -0.3 is 10.3 Å². The van der Waals surface area contributed by atoms with Crippen LogP contribution < -0.4 is 5.32 Å². The van der Waals surface area contributed by atoms with Crippen molar-refractivity contribution >= 4 is 18.4 Å². The summed E-state index contributed by atoms with van der Waals surface area (Å²) in [5, 5.41) is 3.08. The normalized spacial score (nSPS) is 10.0. The number of likely N-dealkylation sites (N-methyl/N-ethyl adjacent to an activating group) is 1. The molecule has 0 radical (unpaired) electrons. The molecule has 0 atom stereocenters. The SMILES string of the molecule is C=Cc1c(/C=C\C)[nH]c(C=O)c1CCNC.CC. The van der Waals surface area contributed by atoms with Crippen LogP contribution in [0.1, 0.15) is 48.1 Å². The molecule has 100 valence electrons. The van der Waals surface area contributed by atoms with E-state index < -0.39 is 0 Å². The zero-order valence-electron chi connectivity index (χ0n) is 11.8. The van der Waals surface area contributed by atoms with Gasteiger partial charge in [-0.05, 0) is 38.6 Å². The summed E-state index contributed by atoms with van der Waals surface area (Å²) in [6.07, 6.45) is 7.37. The lowest BCUT2D eigenvalue weighted by atomic mass is 10.1. The Balaban J connectivity index is 0.00000137. The van der Waals surface area contributed by atoms with Gasteiger partial charge in [0.1, 0.15) is 0 Å². The Morgan fingerprint density at radius 3 is 2.44 bits per heavy atom. The summed E-state index contributed by atoms with van der Waals surface area (Å²) in [6, 6.07) is 0. The first-order valence-corrected chi connectivity index (χ1v) is 6.38. The third-order valence-corrected chi connectivity index (χ3v) is 2.49. The Bertz CT molecular complexity index is 403. The van der Waals surface area contributed by atoms with E-state index in [1.165, 1.54) is 0 Å². The highest BCUT2D eigenvalue weighted by molar-refractivity contribution is 5.81. The number of nitrogens with one attached hydrogen (secondary N) is 2. The molecule has 1 aromatic heterocycles. The van der Waals surface area contributed by atoms with Gasteiger partial charge in [-0.3, -0.25) is 4.79 Å². The van der Waals surface area contributed by atoms with Gasteiger partial charge in [-0.25, -0.2) is 0 Å². The van der Waals surface area contributed by atoms with Gasteiger partial charge in [0.15, 0.2) is 6.29 Å². The molecule has 0 aliphatic carbocycles. The van der Waals surface area contributed by atoms with E-state index in [-0.39, 0.29) is 0 Å². The Hall–Kier alpha value is -1.61. The summed E-state index contributed by atoms with van der Waals surface area (Å²) in [7, 11) is 1.90. The summed E-state index contributed by atoms with van der Waals surface area (Å²) in [5.41, 5.74) is 3.66. The summed E-state index contributed by atoms with van der Waals surface area (Å²) in [5.74, 6) is 0. The van der Waals surface area contributed by atoms with Crippen molar-refractivity contribution in [1.82, 2.24) is 10.3 Å². The smallest absolute Gasteiger partial charge is 0.166 e. The van der Waals surface area contributed by atoms with Crippen molar-refractivity contribution in [3.8, 4) is 0 Å². The number of rotatable bonds is 6. The van der Waals surface area contributed by atoms with E-state index in [1.54, 1.807) is 6.08 Å². The minimum atomic E-state index is 0.651. The van der Waals surface area contributed by atoms with Crippen LogP contribution in [-0.2, 0) is 6.42 Å². The molecule has 1 rings (SSSR count). The van der Waals surface area contributed by atoms with Crippen LogP contribution in [0.3, 0.4) is 0 Å². The zero-order valence-corrected chi connectivity index (χ0v) is 11.8. The second kappa shape index (κ2) is 9.42. The Morgan fingerprint density at radius 2 is 2.00 bits per heavy atom. The predicted molar refractivity (Wildman–Crippen MR) is 80.0 cm³/mol. The van der Waals surface area contributed by atoms with Crippen molar-refractivity contribution < 1.29 is 4.79 Å². The fraction of sp³-hybridized carbons (Fsp3) is 0.400. The molecular formula is C15H24N2O. The summed E-state index contributed by atoms with van der Waals surface area (Å²) in [4.78, 5) is 14.1. The predicted octanol–water partition coefficient (Wildman–Crippen LogP) is 3.29. The topological polar surface area (TPSA) is 44.9 Å². The molecule has 0 aliphatic heterocycles. The van der Waals surface area contributed by atoms with Gasteiger partial charge in [0.05, 0.1) is 5.69 Å². The number of aromatic nitrogens is 1. The van der Waals surface area contributed by atoms with Crippen LogP contribution >= 0.6 is 0 Å². The van der Waals surface area contributed by atoms with Crippen molar-refractivity contribution in [2.24, 2.45) is 0 Å². The lowest BCUT2D eigenvalue weighted by Crippen LogP contribution is -2.11. The molecule has 0 saturated heterocycles. The zero-order chi connectivity index (χ0) is 14.0. The molecule has 1 heterocycles. The number of hydrogen-bond acceptors (Lipinski definition) is 2. The molecule has 0 spiro atoms. The van der Waals surface area contributed by atoms with E-state index in [4.69, 9.17) is 0 Å². The van der Waals surface area contributed by atoms with Crippen LogP contribution in [0.25, 0.3) is 12.2 Å². The highest BCUT2D eigenvalue weighted by Crippen LogP contribution is 2.21. The third kappa shape index (κ3) is 4.00. The van der Waals surface area contributed by atoms with Gasteiger partial charge >= 0.3 is 0 Å². The third-order valence-electron chi connectivity index (χ3n) is 2.49. The lowest BCUT2D eigenvalue weighted by molar-refractivity contribution is 0.111. The first-order chi connectivity index (χ1) is 8.78. The fourth-order valence-corrected chi connectivity index (χ4v) is 1.75. The van der Waals surface area contributed by atoms with E-state index in [0.29, 0.717) is 5.69 Å². The quantitative estimate of drug-likeness (QED) is 0.759. The fourth-order valence-electron chi connectivity index (χ4n) is 1.75. The number of H-pyrrole nitrogens is 1. The molecule has 0 unspecified atom stereocenters. The Labute approximate surface area is 110 Å². The second-order valence-corrected chi connectivity index (χ2v) is 3.52. The maximum absolute atomic E-state index is 11.0. The van der Waals surface area contributed by atoms with E-state index in [1.807, 2.05) is 40.0 Å². The number of carbonyl (C=O) groups is 1. The van der Waals surface area contributed by atoms with Gasteiger partial charge in [-0.1, -0.05) is 32.6 Å². The average molecular weight is 248 g/mol. The van der Waals surface area contributed by atoms with Crippen molar-refractivity contribution in [3.05, 3.63) is 35.2 Å². The second-order valence-electron chi connectivity index (χ2n) is 3.52. The highest BCUT2D eigenvalue weighted by atomic mass is 16.1. The van der Waals surface area contributed by atoms with Crippen LogP contribution in [0, 0.1) is 0 Å². The number of aldehydes is 1. The maximum atomic E-state index is 11.0. The number of aromatic amines is 1. The number of carbonyl (C=O) groups excluding carboxylic acids is 1. The summed E-state index contributed by atoms with van der Waals surface area (Å²) >= 11 is 0. The first kappa shape index (κ1) is 16.4. The standard InChI is InChI=1S/C13H18N2O.C2H6/c1-4-6-12-10(5-2)11(7-8-14-3)13(9-16)15-12;1-2/h4-6,9,14-15H,2,7-8H2,1,3H3;1-2H3/b6-4-;. The molecule has 0 fully saturated rings. The first-order valence-electron chi connectivity index (χ1n) is 6.38. The summed E-state index contributed by atoms with van der Waals surface area (Å²) in [6.45, 7) is 10.6. The Morgan fingerprint density at radius 1 is 1.33 bits per heavy atom. The number of hydrogen-bond donors (Lipinski definition) is 2. The van der Waals surface area contributed by atoms with Crippen molar-refractivity contribution in [2.75, 3.05) is 13.6 Å². The van der Waals surface area contributed by atoms with Crippen LogP contribution in [-0.4, -0.2) is 24.9 Å². The largest absolute Gasteiger partial charge is 0.352 e. The Kier molecular flexibility index (Phi) is 8.58. The minimum Gasteiger partial charge on any atom is -0.352 e. The van der Waals surface area contributed by atoms with E-state index >= 15 is 0 Å². The lowest BCUT2D eigenvalue weighted by Gasteiger charge is -2.01. The van der Waals surface area contributed by atoms with E-state index in [0.717, 1.165) is 36.1 Å². The molecule has 0 saturated carbocycles. The monoisotopic (exact) mass is 248 g/mol.